The molecule has 0 saturated heterocycles. The number of ether oxygens (including phenoxy) is 2. The SMILES string of the molecule is COc1cnc(C(=O)NC(c2ccc(OC(F)(F)F)c(F)c2)c2ncccc2F)cc1N. The van der Waals surface area contributed by atoms with Gasteiger partial charge in [-0.1, -0.05) is 6.07 Å². The maximum Gasteiger partial charge on any atom is 0.573 e. The first-order valence-corrected chi connectivity index (χ1v) is 8.85. The van der Waals surface area contributed by atoms with E-state index in [1.165, 1.54) is 31.6 Å². The second-order valence-electron chi connectivity index (χ2n) is 6.33. The minimum absolute atomic E-state index is 0.0931. The molecule has 0 fully saturated rings. The van der Waals surface area contributed by atoms with Gasteiger partial charge < -0.3 is 20.5 Å². The number of rotatable bonds is 6. The fourth-order valence-electron chi connectivity index (χ4n) is 2.78. The number of halogens is 5. The van der Waals surface area contributed by atoms with E-state index in [0.29, 0.717) is 12.1 Å². The third kappa shape index (κ3) is 5.20. The van der Waals surface area contributed by atoms with Gasteiger partial charge in [-0.25, -0.2) is 13.8 Å². The number of methoxy groups -OCH3 is 1. The van der Waals surface area contributed by atoms with Crippen LogP contribution in [-0.2, 0) is 0 Å². The molecule has 1 unspecified atom stereocenters. The Bertz CT molecular complexity index is 1140. The quantitative estimate of drug-likeness (QED) is 0.551. The zero-order chi connectivity index (χ0) is 23.5. The average Bonchev–Trinajstić information content (AvgIpc) is 2.73. The summed E-state index contributed by atoms with van der Waals surface area (Å²) in [5.74, 6) is -3.91. The van der Waals surface area contributed by atoms with Crippen LogP contribution in [0.3, 0.4) is 0 Å². The summed E-state index contributed by atoms with van der Waals surface area (Å²) in [6.45, 7) is 0. The molecule has 1 aromatic carbocycles. The van der Waals surface area contributed by atoms with Gasteiger partial charge in [0.2, 0.25) is 0 Å². The molecular weight excluding hydrogens is 439 g/mol. The first-order chi connectivity index (χ1) is 15.1. The molecule has 0 aliphatic carbocycles. The van der Waals surface area contributed by atoms with Crippen LogP contribution in [0.15, 0.2) is 48.8 Å². The number of carbonyl (C=O) groups excluding carboxylic acids is 1. The normalized spacial score (nSPS) is 12.2. The Hall–Kier alpha value is -3.96. The number of nitrogens with two attached hydrogens (primary N) is 1. The Morgan fingerprint density at radius 2 is 1.84 bits per heavy atom. The van der Waals surface area contributed by atoms with Crippen LogP contribution in [0.4, 0.5) is 27.6 Å². The van der Waals surface area contributed by atoms with Gasteiger partial charge in [0.1, 0.15) is 17.2 Å². The van der Waals surface area contributed by atoms with E-state index in [-0.39, 0.29) is 28.4 Å². The molecule has 0 aliphatic heterocycles. The highest BCUT2D eigenvalue weighted by Gasteiger charge is 2.33. The van der Waals surface area contributed by atoms with Gasteiger partial charge >= 0.3 is 6.36 Å². The van der Waals surface area contributed by atoms with Crippen molar-refractivity contribution in [1.29, 1.82) is 0 Å². The molecule has 3 rings (SSSR count). The van der Waals surface area contributed by atoms with Crippen molar-refractivity contribution >= 4 is 11.6 Å². The summed E-state index contributed by atoms with van der Waals surface area (Å²) in [4.78, 5) is 20.5. The largest absolute Gasteiger partial charge is 0.573 e. The van der Waals surface area contributed by atoms with Crippen molar-refractivity contribution in [3.05, 3.63) is 77.4 Å². The van der Waals surface area contributed by atoms with E-state index in [1.807, 2.05) is 0 Å². The van der Waals surface area contributed by atoms with E-state index in [4.69, 9.17) is 10.5 Å². The molecule has 2 aromatic heterocycles. The highest BCUT2D eigenvalue weighted by Crippen LogP contribution is 2.30. The van der Waals surface area contributed by atoms with Gasteiger partial charge in [-0.3, -0.25) is 9.78 Å². The van der Waals surface area contributed by atoms with Crippen molar-refractivity contribution in [2.24, 2.45) is 0 Å². The third-order valence-electron chi connectivity index (χ3n) is 4.20. The Balaban J connectivity index is 1.98. The molecule has 0 spiro atoms. The number of amides is 1. The molecule has 7 nitrogen and oxygen atoms in total. The molecule has 1 atom stereocenters. The number of alkyl halides is 3. The first kappa shape index (κ1) is 22.7. The number of carbonyl (C=O) groups is 1. The van der Waals surface area contributed by atoms with Crippen LogP contribution in [0.25, 0.3) is 0 Å². The monoisotopic (exact) mass is 454 g/mol. The van der Waals surface area contributed by atoms with Crippen molar-refractivity contribution in [2.45, 2.75) is 12.4 Å². The lowest BCUT2D eigenvalue weighted by Crippen LogP contribution is -2.31. The highest BCUT2D eigenvalue weighted by molar-refractivity contribution is 5.93. The molecule has 0 aliphatic rings. The Morgan fingerprint density at radius 1 is 1.09 bits per heavy atom. The minimum Gasteiger partial charge on any atom is -0.493 e. The fraction of sp³-hybridized carbons (Fsp3) is 0.150. The predicted molar refractivity (Wildman–Crippen MR) is 102 cm³/mol. The number of nitrogen functional groups attached to an aromatic ring is 1. The minimum atomic E-state index is -5.11. The smallest absolute Gasteiger partial charge is 0.493 e. The molecule has 0 radical (unpaired) electrons. The Kier molecular flexibility index (Phi) is 6.42. The molecular formula is C20H15F5N4O3. The van der Waals surface area contributed by atoms with Crippen molar-refractivity contribution in [1.82, 2.24) is 15.3 Å². The van der Waals surface area contributed by atoms with Gasteiger partial charge in [0.15, 0.2) is 17.3 Å². The van der Waals surface area contributed by atoms with E-state index < -0.39 is 35.7 Å². The number of anilines is 1. The summed E-state index contributed by atoms with van der Waals surface area (Å²) in [5.41, 5.74) is 5.31. The van der Waals surface area contributed by atoms with Gasteiger partial charge in [-0.2, -0.15) is 0 Å². The number of pyridine rings is 2. The Labute approximate surface area is 178 Å². The lowest BCUT2D eigenvalue weighted by molar-refractivity contribution is -0.275. The van der Waals surface area contributed by atoms with Crippen molar-refractivity contribution in [3.63, 3.8) is 0 Å². The van der Waals surface area contributed by atoms with E-state index in [0.717, 1.165) is 12.1 Å². The molecule has 0 bridgehead atoms. The predicted octanol–water partition coefficient (Wildman–Crippen LogP) is 3.76. The molecule has 3 N–H and O–H groups in total. The summed E-state index contributed by atoms with van der Waals surface area (Å²) in [6.07, 6.45) is -2.68. The standard InChI is InChI=1S/C20H15F5N4O3/c1-31-16-9-28-14(8-13(16)26)19(30)29-17(18-11(21)3-2-6-27-18)10-4-5-15(12(22)7-10)32-20(23,24)25/h2-9,17H,1H3,(H2,26,28)(H,29,30). The Morgan fingerprint density at radius 3 is 2.44 bits per heavy atom. The van der Waals surface area contributed by atoms with Crippen LogP contribution in [0, 0.1) is 11.6 Å². The van der Waals surface area contributed by atoms with E-state index in [9.17, 15) is 26.7 Å². The maximum atomic E-state index is 14.4. The topological polar surface area (TPSA) is 99.4 Å². The zero-order valence-electron chi connectivity index (χ0n) is 16.3. The molecule has 2 heterocycles. The zero-order valence-corrected chi connectivity index (χ0v) is 16.3. The highest BCUT2D eigenvalue weighted by atomic mass is 19.4. The number of hydrogen-bond acceptors (Lipinski definition) is 6. The van der Waals surface area contributed by atoms with E-state index in [2.05, 4.69) is 20.0 Å². The lowest BCUT2D eigenvalue weighted by Gasteiger charge is -2.20. The number of benzene rings is 1. The maximum absolute atomic E-state index is 14.4. The molecule has 12 heteroatoms. The van der Waals surface area contributed by atoms with Gasteiger partial charge in [0, 0.05) is 6.20 Å². The van der Waals surface area contributed by atoms with Crippen molar-refractivity contribution < 1.29 is 36.2 Å². The second-order valence-corrected chi connectivity index (χ2v) is 6.33. The third-order valence-corrected chi connectivity index (χ3v) is 4.20. The van der Waals surface area contributed by atoms with Gasteiger partial charge in [0.05, 0.1) is 25.0 Å². The summed E-state index contributed by atoms with van der Waals surface area (Å²) < 4.78 is 74.5. The van der Waals surface area contributed by atoms with E-state index in [1.54, 1.807) is 0 Å². The number of nitrogens with one attached hydrogen (secondary N) is 1. The summed E-state index contributed by atoms with van der Waals surface area (Å²) in [7, 11) is 1.35. The molecule has 0 saturated carbocycles. The van der Waals surface area contributed by atoms with E-state index >= 15 is 0 Å². The average molecular weight is 454 g/mol. The number of aromatic nitrogens is 2. The second kappa shape index (κ2) is 9.04. The molecule has 168 valence electrons. The lowest BCUT2D eigenvalue weighted by atomic mass is 10.0. The molecule has 32 heavy (non-hydrogen) atoms. The molecule has 3 aromatic rings. The molecule has 1 amide bonds. The van der Waals surface area contributed by atoms with Crippen LogP contribution in [0.1, 0.15) is 27.8 Å². The van der Waals surface area contributed by atoms with Crippen LogP contribution in [-0.4, -0.2) is 29.3 Å². The van der Waals surface area contributed by atoms with Gasteiger partial charge in [-0.05, 0) is 35.9 Å². The van der Waals surface area contributed by atoms with Crippen LogP contribution in [0.2, 0.25) is 0 Å². The summed E-state index contributed by atoms with van der Waals surface area (Å²) in [6, 6.07) is 4.62. The number of hydrogen-bond donors (Lipinski definition) is 2. The van der Waals surface area contributed by atoms with Gasteiger partial charge in [-0.15, -0.1) is 13.2 Å². The first-order valence-electron chi connectivity index (χ1n) is 8.85. The summed E-state index contributed by atoms with van der Waals surface area (Å²) in [5, 5.41) is 2.44. The van der Waals surface area contributed by atoms with Gasteiger partial charge in [0.25, 0.3) is 5.91 Å². The van der Waals surface area contributed by atoms with Crippen LogP contribution < -0.4 is 20.5 Å². The van der Waals surface area contributed by atoms with Crippen LogP contribution in [0.5, 0.6) is 11.5 Å². The van der Waals surface area contributed by atoms with Crippen molar-refractivity contribution in [3.8, 4) is 11.5 Å². The number of nitrogens with zero attached hydrogens (tertiary/aromatic N) is 2. The van der Waals surface area contributed by atoms with Crippen LogP contribution >= 0.6 is 0 Å². The summed E-state index contributed by atoms with van der Waals surface area (Å²) >= 11 is 0. The van der Waals surface area contributed by atoms with Crippen molar-refractivity contribution in [2.75, 3.05) is 12.8 Å². The fourth-order valence-corrected chi connectivity index (χ4v) is 2.78.